The number of carbonyl (C=O) groups is 2. The molecule has 1 fully saturated rings. The number of hydrogen-bond donors (Lipinski definition) is 0. The highest BCUT2D eigenvalue weighted by molar-refractivity contribution is 5.95. The molecule has 2 aromatic carbocycles. The predicted molar refractivity (Wildman–Crippen MR) is 92.9 cm³/mol. The molecule has 5 nitrogen and oxygen atoms in total. The van der Waals surface area contributed by atoms with Crippen LogP contribution in [0.15, 0.2) is 48.5 Å². The van der Waals surface area contributed by atoms with Crippen LogP contribution in [0.5, 0.6) is 5.75 Å². The fraction of sp³-hybridized carbons (Fsp3) is 0.300. The van der Waals surface area contributed by atoms with Gasteiger partial charge in [0.05, 0.1) is 7.11 Å². The maximum absolute atomic E-state index is 12.9. The SMILES string of the molecule is COc1ccc(CN2CC(=O)N3Cc4ccccc4C[C@H]3C2=O)cc1. The Kier molecular flexibility index (Phi) is 3.92. The molecule has 2 aliphatic heterocycles. The number of nitrogens with zero attached hydrogens (tertiary/aromatic N) is 2. The van der Waals surface area contributed by atoms with E-state index >= 15 is 0 Å². The zero-order valence-electron chi connectivity index (χ0n) is 14.1. The summed E-state index contributed by atoms with van der Waals surface area (Å²) in [4.78, 5) is 28.9. The number of hydrogen-bond acceptors (Lipinski definition) is 3. The molecule has 0 aromatic heterocycles. The molecule has 1 saturated heterocycles. The largest absolute Gasteiger partial charge is 0.497 e. The van der Waals surface area contributed by atoms with Gasteiger partial charge in [0.15, 0.2) is 0 Å². The molecule has 0 N–H and O–H groups in total. The molecule has 0 radical (unpaired) electrons. The fourth-order valence-corrected chi connectivity index (χ4v) is 3.63. The molecule has 2 amide bonds. The number of piperazine rings is 1. The Bertz CT molecular complexity index is 816. The Balaban J connectivity index is 1.55. The third kappa shape index (κ3) is 2.86. The van der Waals surface area contributed by atoms with E-state index in [9.17, 15) is 9.59 Å². The van der Waals surface area contributed by atoms with Gasteiger partial charge in [-0.3, -0.25) is 9.59 Å². The number of benzene rings is 2. The van der Waals surface area contributed by atoms with Gasteiger partial charge in [0.1, 0.15) is 18.3 Å². The molecule has 2 aliphatic rings. The summed E-state index contributed by atoms with van der Waals surface area (Å²) in [5.41, 5.74) is 3.30. The van der Waals surface area contributed by atoms with E-state index in [0.717, 1.165) is 22.4 Å². The topological polar surface area (TPSA) is 49.9 Å². The Morgan fingerprint density at radius 2 is 1.72 bits per heavy atom. The summed E-state index contributed by atoms with van der Waals surface area (Å²) >= 11 is 0. The van der Waals surface area contributed by atoms with Crippen molar-refractivity contribution in [2.75, 3.05) is 13.7 Å². The van der Waals surface area contributed by atoms with Crippen LogP contribution in [-0.4, -0.2) is 41.3 Å². The summed E-state index contributed by atoms with van der Waals surface area (Å²) in [6, 6.07) is 15.3. The Morgan fingerprint density at radius 3 is 2.44 bits per heavy atom. The highest BCUT2D eigenvalue weighted by atomic mass is 16.5. The lowest BCUT2D eigenvalue weighted by atomic mass is 9.91. The molecule has 0 aliphatic carbocycles. The van der Waals surface area contributed by atoms with Gasteiger partial charge >= 0.3 is 0 Å². The van der Waals surface area contributed by atoms with Crippen molar-refractivity contribution in [2.45, 2.75) is 25.6 Å². The van der Waals surface area contributed by atoms with Gasteiger partial charge in [-0.1, -0.05) is 36.4 Å². The Labute approximate surface area is 146 Å². The van der Waals surface area contributed by atoms with Crippen molar-refractivity contribution in [2.24, 2.45) is 0 Å². The van der Waals surface area contributed by atoms with Gasteiger partial charge in [-0.15, -0.1) is 0 Å². The van der Waals surface area contributed by atoms with Crippen molar-refractivity contribution in [3.8, 4) is 5.75 Å². The third-order valence-corrected chi connectivity index (χ3v) is 5.02. The van der Waals surface area contributed by atoms with E-state index in [1.165, 1.54) is 0 Å². The Morgan fingerprint density at radius 1 is 1.00 bits per heavy atom. The van der Waals surface area contributed by atoms with Crippen LogP contribution in [0, 0.1) is 0 Å². The summed E-state index contributed by atoms with van der Waals surface area (Å²) in [5, 5.41) is 0. The van der Waals surface area contributed by atoms with Crippen LogP contribution in [0.4, 0.5) is 0 Å². The van der Waals surface area contributed by atoms with Crippen LogP contribution in [0.25, 0.3) is 0 Å². The Hall–Kier alpha value is -2.82. The maximum atomic E-state index is 12.9. The van der Waals surface area contributed by atoms with E-state index < -0.39 is 0 Å². The number of carbonyl (C=O) groups excluding carboxylic acids is 2. The van der Waals surface area contributed by atoms with Gasteiger partial charge in [0.2, 0.25) is 11.8 Å². The molecule has 0 spiro atoms. The molecular weight excluding hydrogens is 316 g/mol. The molecule has 5 heteroatoms. The van der Waals surface area contributed by atoms with Crippen molar-refractivity contribution in [3.05, 3.63) is 65.2 Å². The monoisotopic (exact) mass is 336 g/mol. The second-order valence-corrected chi connectivity index (χ2v) is 6.55. The molecule has 0 bridgehead atoms. The molecule has 1 atom stereocenters. The van der Waals surface area contributed by atoms with Gasteiger partial charge in [0, 0.05) is 19.5 Å². The normalized spacial score (nSPS) is 19.5. The second-order valence-electron chi connectivity index (χ2n) is 6.55. The van der Waals surface area contributed by atoms with E-state index in [2.05, 4.69) is 0 Å². The highest BCUT2D eigenvalue weighted by Gasteiger charge is 2.41. The van der Waals surface area contributed by atoms with Crippen molar-refractivity contribution in [1.82, 2.24) is 9.80 Å². The first-order valence-electron chi connectivity index (χ1n) is 8.43. The molecule has 4 rings (SSSR count). The average Bonchev–Trinajstić information content (AvgIpc) is 2.65. The average molecular weight is 336 g/mol. The number of amides is 2. The van der Waals surface area contributed by atoms with Gasteiger partial charge in [-0.05, 0) is 28.8 Å². The number of ether oxygens (including phenoxy) is 1. The zero-order chi connectivity index (χ0) is 17.4. The number of fused-ring (bicyclic) bond motifs is 2. The highest BCUT2D eigenvalue weighted by Crippen LogP contribution is 2.28. The third-order valence-electron chi connectivity index (χ3n) is 5.02. The lowest BCUT2D eigenvalue weighted by Crippen LogP contribution is -2.61. The first-order chi connectivity index (χ1) is 12.2. The quantitative estimate of drug-likeness (QED) is 0.861. The smallest absolute Gasteiger partial charge is 0.246 e. The minimum absolute atomic E-state index is 0.0209. The van der Waals surface area contributed by atoms with Crippen LogP contribution >= 0.6 is 0 Å². The van der Waals surface area contributed by atoms with Gasteiger partial charge in [0.25, 0.3) is 0 Å². The summed E-state index contributed by atoms with van der Waals surface area (Å²) in [7, 11) is 1.62. The summed E-state index contributed by atoms with van der Waals surface area (Å²) in [6.07, 6.45) is 0.597. The molecule has 2 aromatic rings. The fourth-order valence-electron chi connectivity index (χ4n) is 3.63. The van der Waals surface area contributed by atoms with E-state index in [1.54, 1.807) is 16.9 Å². The van der Waals surface area contributed by atoms with Crippen LogP contribution in [-0.2, 0) is 29.1 Å². The molecular formula is C20H20N2O3. The predicted octanol–water partition coefficient (Wildman–Crippen LogP) is 1.99. The second kappa shape index (κ2) is 6.24. The van der Waals surface area contributed by atoms with Gasteiger partial charge in [-0.25, -0.2) is 0 Å². The molecule has 25 heavy (non-hydrogen) atoms. The summed E-state index contributed by atoms with van der Waals surface area (Å²) in [5.74, 6) is 0.831. The van der Waals surface area contributed by atoms with E-state index in [-0.39, 0.29) is 24.4 Å². The number of rotatable bonds is 3. The summed E-state index contributed by atoms with van der Waals surface area (Å²) < 4.78 is 5.16. The lowest BCUT2D eigenvalue weighted by Gasteiger charge is -2.43. The van der Waals surface area contributed by atoms with Crippen molar-refractivity contribution >= 4 is 11.8 Å². The first-order valence-corrected chi connectivity index (χ1v) is 8.43. The van der Waals surface area contributed by atoms with Gasteiger partial charge in [-0.2, -0.15) is 0 Å². The van der Waals surface area contributed by atoms with Crippen molar-refractivity contribution in [3.63, 3.8) is 0 Å². The minimum Gasteiger partial charge on any atom is -0.497 e. The van der Waals surface area contributed by atoms with E-state index in [0.29, 0.717) is 19.5 Å². The van der Waals surface area contributed by atoms with E-state index in [4.69, 9.17) is 4.74 Å². The standard InChI is InChI=1S/C20H20N2O3/c1-25-17-8-6-14(7-9-17)11-21-13-19(23)22-12-16-5-3-2-4-15(16)10-18(22)20(21)24/h2-9,18H,10-13H2,1H3/t18-/m0/s1. The van der Waals surface area contributed by atoms with E-state index in [1.807, 2.05) is 48.5 Å². The zero-order valence-corrected chi connectivity index (χ0v) is 14.1. The van der Waals surface area contributed by atoms with Crippen LogP contribution in [0.1, 0.15) is 16.7 Å². The maximum Gasteiger partial charge on any atom is 0.246 e. The molecule has 0 saturated carbocycles. The number of methoxy groups -OCH3 is 1. The first kappa shape index (κ1) is 15.7. The lowest BCUT2D eigenvalue weighted by molar-refractivity contribution is -0.157. The van der Waals surface area contributed by atoms with Crippen molar-refractivity contribution in [1.29, 1.82) is 0 Å². The molecule has 0 unspecified atom stereocenters. The molecule has 2 heterocycles. The van der Waals surface area contributed by atoms with Crippen LogP contribution < -0.4 is 4.74 Å². The summed E-state index contributed by atoms with van der Waals surface area (Å²) in [6.45, 7) is 1.12. The van der Waals surface area contributed by atoms with Crippen molar-refractivity contribution < 1.29 is 14.3 Å². The van der Waals surface area contributed by atoms with Crippen LogP contribution in [0.3, 0.4) is 0 Å². The molecule has 128 valence electrons. The van der Waals surface area contributed by atoms with Crippen LogP contribution in [0.2, 0.25) is 0 Å². The van der Waals surface area contributed by atoms with Gasteiger partial charge < -0.3 is 14.5 Å². The minimum atomic E-state index is -0.380.